The highest BCUT2D eigenvalue weighted by molar-refractivity contribution is 5.91. The summed E-state index contributed by atoms with van der Waals surface area (Å²) < 4.78 is 0. The van der Waals surface area contributed by atoms with Gasteiger partial charge in [0.25, 0.3) is 0 Å². The van der Waals surface area contributed by atoms with Gasteiger partial charge in [0.15, 0.2) is 0 Å². The molecule has 0 aromatic heterocycles. The van der Waals surface area contributed by atoms with Gasteiger partial charge in [-0.2, -0.15) is 0 Å². The fourth-order valence-corrected chi connectivity index (χ4v) is 0.662. The van der Waals surface area contributed by atoms with Gasteiger partial charge in [-0.3, -0.25) is 4.99 Å². The molecule has 0 aliphatic heterocycles. The first-order chi connectivity index (χ1) is 6.56. The molecule has 0 aliphatic rings. The van der Waals surface area contributed by atoms with Gasteiger partial charge in [-0.15, -0.1) is 0 Å². The minimum Gasteiger partial charge on any atom is -0.478 e. The molecule has 0 aromatic rings. The molecular formula is C10H14N2O2. The van der Waals surface area contributed by atoms with Crippen LogP contribution in [0.25, 0.3) is 0 Å². The van der Waals surface area contributed by atoms with Crippen molar-refractivity contribution in [2.24, 2.45) is 10.7 Å². The third-order valence-corrected chi connectivity index (χ3v) is 1.25. The molecule has 0 unspecified atom stereocenters. The van der Waals surface area contributed by atoms with Crippen LogP contribution in [0.5, 0.6) is 0 Å². The van der Waals surface area contributed by atoms with E-state index in [2.05, 4.69) is 11.6 Å². The Hall–Kier alpha value is -1.84. The van der Waals surface area contributed by atoms with Gasteiger partial charge >= 0.3 is 5.97 Å². The van der Waals surface area contributed by atoms with Crippen LogP contribution in [0, 0.1) is 0 Å². The second-order valence-corrected chi connectivity index (χ2v) is 2.48. The maximum absolute atomic E-state index is 10.1. The molecular weight excluding hydrogens is 180 g/mol. The second-order valence-electron chi connectivity index (χ2n) is 2.48. The normalized spacial score (nSPS) is 12.5. The number of hydrogen-bond donors (Lipinski definition) is 2. The Morgan fingerprint density at radius 2 is 2.00 bits per heavy atom. The number of aliphatic carboxylic acids is 1. The van der Waals surface area contributed by atoms with E-state index < -0.39 is 5.97 Å². The summed E-state index contributed by atoms with van der Waals surface area (Å²) in [6.07, 6.45) is 5.59. The molecule has 0 atom stereocenters. The molecule has 0 rings (SSSR count). The van der Waals surface area contributed by atoms with E-state index in [0.29, 0.717) is 18.0 Å². The van der Waals surface area contributed by atoms with Crippen molar-refractivity contribution < 1.29 is 9.90 Å². The van der Waals surface area contributed by atoms with E-state index in [1.54, 1.807) is 12.2 Å². The minimum atomic E-state index is -1.00. The molecule has 0 aliphatic carbocycles. The van der Waals surface area contributed by atoms with Crippen molar-refractivity contribution in [2.75, 3.05) is 6.54 Å². The van der Waals surface area contributed by atoms with Crippen LogP contribution in [0.3, 0.4) is 0 Å². The largest absolute Gasteiger partial charge is 0.478 e. The first-order valence-corrected chi connectivity index (χ1v) is 4.14. The van der Waals surface area contributed by atoms with Crippen LogP contribution in [0.15, 0.2) is 41.4 Å². The summed E-state index contributed by atoms with van der Waals surface area (Å²) in [5.74, 6) is -0.605. The van der Waals surface area contributed by atoms with Crippen LogP contribution in [0.2, 0.25) is 0 Å². The topological polar surface area (TPSA) is 75.7 Å². The molecule has 0 aromatic carbocycles. The number of nitrogens with zero attached hydrogens (tertiary/aromatic N) is 1. The number of hydrogen-bond acceptors (Lipinski definition) is 2. The van der Waals surface area contributed by atoms with Gasteiger partial charge in [-0.25, -0.2) is 4.79 Å². The summed E-state index contributed by atoms with van der Waals surface area (Å²) in [5.41, 5.74) is 6.03. The van der Waals surface area contributed by atoms with Crippen LogP contribution in [0.4, 0.5) is 0 Å². The fraction of sp³-hybridized carbons (Fsp3) is 0.200. The third-order valence-electron chi connectivity index (χ3n) is 1.25. The molecule has 0 saturated carbocycles. The Labute approximate surface area is 83.1 Å². The minimum absolute atomic E-state index is 0.400. The first-order valence-electron chi connectivity index (χ1n) is 4.14. The van der Waals surface area contributed by atoms with E-state index in [0.717, 1.165) is 6.08 Å². The average Bonchev–Trinajstić information content (AvgIpc) is 2.12. The molecule has 0 spiro atoms. The van der Waals surface area contributed by atoms with Gasteiger partial charge in [-0.1, -0.05) is 12.7 Å². The third kappa shape index (κ3) is 6.84. The molecule has 4 heteroatoms. The molecule has 3 N–H and O–H groups in total. The summed E-state index contributed by atoms with van der Waals surface area (Å²) in [6, 6.07) is 0. The van der Waals surface area contributed by atoms with Crippen molar-refractivity contribution in [3.8, 4) is 0 Å². The second kappa shape index (κ2) is 6.65. The zero-order chi connectivity index (χ0) is 11.0. The Bertz CT molecular complexity index is 301. The first kappa shape index (κ1) is 12.2. The van der Waals surface area contributed by atoms with Crippen LogP contribution < -0.4 is 5.73 Å². The van der Waals surface area contributed by atoms with Crippen molar-refractivity contribution in [1.82, 2.24) is 0 Å². The molecule has 0 bridgehead atoms. The number of aliphatic imine (C=N–C) groups is 1. The van der Waals surface area contributed by atoms with E-state index >= 15 is 0 Å². The number of carboxylic acid groups (broad SMARTS) is 1. The Morgan fingerprint density at radius 1 is 1.43 bits per heavy atom. The summed E-state index contributed by atoms with van der Waals surface area (Å²) in [4.78, 5) is 14.1. The van der Waals surface area contributed by atoms with Crippen molar-refractivity contribution in [3.05, 3.63) is 36.5 Å². The van der Waals surface area contributed by atoms with Crippen LogP contribution in [0.1, 0.15) is 6.92 Å². The fourth-order valence-electron chi connectivity index (χ4n) is 0.662. The zero-order valence-electron chi connectivity index (χ0n) is 8.10. The van der Waals surface area contributed by atoms with Gasteiger partial charge in [0, 0.05) is 12.6 Å². The maximum atomic E-state index is 10.1. The zero-order valence-corrected chi connectivity index (χ0v) is 8.10. The summed E-state index contributed by atoms with van der Waals surface area (Å²) in [5, 5.41) is 8.32. The number of amidine groups is 1. The SMILES string of the molecule is C=C(/C=C\C(N)=NCC)/C=C/C(=O)O. The predicted octanol–water partition coefficient (Wildman–Crippen LogP) is 1.12. The van der Waals surface area contributed by atoms with Gasteiger partial charge in [0.05, 0.1) is 0 Å². The number of rotatable bonds is 5. The summed E-state index contributed by atoms with van der Waals surface area (Å²) in [6.45, 7) is 6.10. The lowest BCUT2D eigenvalue weighted by Gasteiger charge is -1.91. The van der Waals surface area contributed by atoms with Crippen molar-refractivity contribution in [2.45, 2.75) is 6.92 Å². The van der Waals surface area contributed by atoms with Gasteiger partial charge in [-0.05, 0) is 24.6 Å². The monoisotopic (exact) mass is 194 g/mol. The van der Waals surface area contributed by atoms with Crippen molar-refractivity contribution in [1.29, 1.82) is 0 Å². The van der Waals surface area contributed by atoms with Crippen LogP contribution in [-0.2, 0) is 4.79 Å². The van der Waals surface area contributed by atoms with E-state index in [9.17, 15) is 4.79 Å². The molecule has 0 radical (unpaired) electrons. The maximum Gasteiger partial charge on any atom is 0.328 e. The van der Waals surface area contributed by atoms with E-state index in [4.69, 9.17) is 10.8 Å². The molecule has 0 heterocycles. The lowest BCUT2D eigenvalue weighted by Crippen LogP contribution is -2.07. The van der Waals surface area contributed by atoms with E-state index in [-0.39, 0.29) is 0 Å². The predicted molar refractivity (Wildman–Crippen MR) is 57.2 cm³/mol. The number of allylic oxidation sites excluding steroid dienone is 3. The van der Waals surface area contributed by atoms with Crippen molar-refractivity contribution in [3.63, 3.8) is 0 Å². The average molecular weight is 194 g/mol. The highest BCUT2D eigenvalue weighted by atomic mass is 16.4. The van der Waals surface area contributed by atoms with E-state index in [1.165, 1.54) is 6.08 Å². The number of carboxylic acids is 1. The Balaban J connectivity index is 4.19. The highest BCUT2D eigenvalue weighted by Gasteiger charge is 1.87. The standard InChI is InChI=1S/C10H14N2O2/c1-3-12-9(11)6-4-8(2)5-7-10(13)14/h4-7H,2-3H2,1H3,(H2,11,12)(H,13,14)/b6-4-,7-5+. The molecule has 4 nitrogen and oxygen atoms in total. The highest BCUT2D eigenvalue weighted by Crippen LogP contribution is 1.94. The summed E-state index contributed by atoms with van der Waals surface area (Å²) >= 11 is 0. The van der Waals surface area contributed by atoms with E-state index in [1.807, 2.05) is 6.92 Å². The number of nitrogens with two attached hydrogens (primary N) is 1. The van der Waals surface area contributed by atoms with Crippen LogP contribution in [-0.4, -0.2) is 23.5 Å². The lowest BCUT2D eigenvalue weighted by molar-refractivity contribution is -0.131. The lowest BCUT2D eigenvalue weighted by atomic mass is 10.2. The number of carbonyl (C=O) groups is 1. The smallest absolute Gasteiger partial charge is 0.328 e. The van der Waals surface area contributed by atoms with Crippen LogP contribution >= 0.6 is 0 Å². The Morgan fingerprint density at radius 3 is 2.50 bits per heavy atom. The molecule has 14 heavy (non-hydrogen) atoms. The molecule has 76 valence electrons. The summed E-state index contributed by atoms with van der Waals surface area (Å²) in [7, 11) is 0. The van der Waals surface area contributed by atoms with Gasteiger partial charge in [0.2, 0.25) is 0 Å². The Kier molecular flexibility index (Phi) is 5.78. The molecule has 0 amide bonds. The molecule has 0 fully saturated rings. The van der Waals surface area contributed by atoms with Crippen molar-refractivity contribution >= 4 is 11.8 Å². The van der Waals surface area contributed by atoms with Gasteiger partial charge in [0.1, 0.15) is 5.84 Å². The van der Waals surface area contributed by atoms with Gasteiger partial charge < -0.3 is 10.8 Å². The molecule has 0 saturated heterocycles. The quantitative estimate of drug-likeness (QED) is 0.298.